The van der Waals surface area contributed by atoms with E-state index in [9.17, 15) is 9.59 Å². The molecule has 4 nitrogen and oxygen atoms in total. The summed E-state index contributed by atoms with van der Waals surface area (Å²) in [5, 5.41) is 3.32. The summed E-state index contributed by atoms with van der Waals surface area (Å²) < 4.78 is 0. The van der Waals surface area contributed by atoms with Crippen molar-refractivity contribution in [1.82, 2.24) is 9.88 Å². The molecule has 1 amide bonds. The molecule has 2 aliphatic carbocycles. The van der Waals surface area contributed by atoms with Gasteiger partial charge in [-0.1, -0.05) is 48.5 Å². The fourth-order valence-corrected chi connectivity index (χ4v) is 5.66. The van der Waals surface area contributed by atoms with E-state index in [2.05, 4.69) is 35.3 Å². The van der Waals surface area contributed by atoms with Crippen molar-refractivity contribution in [2.75, 3.05) is 6.54 Å². The van der Waals surface area contributed by atoms with Crippen LogP contribution in [0.15, 0.2) is 78.5 Å². The number of benzene rings is 3. The zero-order valence-corrected chi connectivity index (χ0v) is 16.2. The van der Waals surface area contributed by atoms with Crippen LogP contribution in [0.2, 0.25) is 0 Å². The van der Waals surface area contributed by atoms with Crippen molar-refractivity contribution >= 4 is 33.4 Å². The van der Waals surface area contributed by atoms with Gasteiger partial charge in [0.1, 0.15) is 5.69 Å². The molecular weight excluding hydrogens is 372 g/mol. The molecule has 144 valence electrons. The van der Waals surface area contributed by atoms with E-state index < -0.39 is 0 Å². The Hall–Kier alpha value is -3.66. The zero-order chi connectivity index (χ0) is 20.0. The van der Waals surface area contributed by atoms with E-state index in [1.54, 1.807) is 6.08 Å². The van der Waals surface area contributed by atoms with Gasteiger partial charge in [-0.2, -0.15) is 0 Å². The van der Waals surface area contributed by atoms with Crippen LogP contribution in [0.1, 0.15) is 32.8 Å². The van der Waals surface area contributed by atoms with Crippen molar-refractivity contribution in [3.05, 3.63) is 95.3 Å². The molecule has 1 saturated heterocycles. The van der Waals surface area contributed by atoms with E-state index in [4.69, 9.17) is 0 Å². The minimum Gasteiger partial charge on any atom is -0.350 e. The molecule has 3 aromatic carbocycles. The van der Waals surface area contributed by atoms with Crippen LogP contribution in [0.5, 0.6) is 0 Å². The molecule has 2 heterocycles. The molecule has 2 fully saturated rings. The summed E-state index contributed by atoms with van der Waals surface area (Å²) >= 11 is 0. The SMILES string of the molecule is O=C1C=C2N(C(=O)c3cc4cc5ccccc5cc4[nH]3)CC3CC23c2ccccc21. The van der Waals surface area contributed by atoms with Gasteiger partial charge >= 0.3 is 0 Å². The molecular formula is C26H18N2O2. The number of nitrogens with one attached hydrogen (secondary N) is 1. The molecule has 1 saturated carbocycles. The lowest BCUT2D eigenvalue weighted by Gasteiger charge is -2.29. The van der Waals surface area contributed by atoms with Crippen LogP contribution in [0, 0.1) is 5.92 Å². The number of fused-ring (bicyclic) bond motifs is 3. The molecule has 0 bridgehead atoms. The third kappa shape index (κ3) is 1.91. The van der Waals surface area contributed by atoms with Crippen LogP contribution in [0.3, 0.4) is 0 Å². The van der Waals surface area contributed by atoms with Crippen LogP contribution in [-0.2, 0) is 5.41 Å². The van der Waals surface area contributed by atoms with Gasteiger partial charge in [0.15, 0.2) is 5.78 Å². The highest BCUT2D eigenvalue weighted by Gasteiger charge is 2.67. The molecule has 1 aromatic heterocycles. The van der Waals surface area contributed by atoms with Crippen LogP contribution < -0.4 is 0 Å². The third-order valence-corrected chi connectivity index (χ3v) is 7.16. The lowest BCUT2D eigenvalue weighted by Crippen LogP contribution is -2.33. The standard InChI is InChI=1S/C26H18N2O2/c29-23-12-24-26(20-8-4-3-7-19(20)23)13-18(26)14-28(24)25(30)22-11-17-9-15-5-1-2-6-16(15)10-21(17)27-22/h1-12,18,27H,13-14H2. The lowest BCUT2D eigenvalue weighted by atomic mass is 9.81. The normalized spacial score (nSPS) is 23.9. The van der Waals surface area contributed by atoms with Gasteiger partial charge in [-0.25, -0.2) is 0 Å². The number of H-pyrrole nitrogens is 1. The van der Waals surface area contributed by atoms with Crippen LogP contribution >= 0.6 is 0 Å². The van der Waals surface area contributed by atoms with Crippen LogP contribution in [0.4, 0.5) is 0 Å². The molecule has 2 atom stereocenters. The smallest absolute Gasteiger partial charge is 0.274 e. The number of aromatic nitrogens is 1. The average Bonchev–Trinajstić information content (AvgIpc) is 3.17. The second kappa shape index (κ2) is 5.28. The minimum absolute atomic E-state index is 0.000489. The number of amides is 1. The highest BCUT2D eigenvalue weighted by molar-refractivity contribution is 6.10. The fourth-order valence-electron chi connectivity index (χ4n) is 5.66. The number of carbonyl (C=O) groups is 2. The van der Waals surface area contributed by atoms with Crippen molar-refractivity contribution in [1.29, 1.82) is 0 Å². The van der Waals surface area contributed by atoms with E-state index in [1.165, 1.54) is 0 Å². The first-order chi connectivity index (χ1) is 14.6. The Morgan fingerprint density at radius 2 is 1.73 bits per heavy atom. The van der Waals surface area contributed by atoms with Crippen molar-refractivity contribution in [2.24, 2.45) is 5.92 Å². The van der Waals surface area contributed by atoms with Gasteiger partial charge in [-0.3, -0.25) is 9.59 Å². The van der Waals surface area contributed by atoms with Gasteiger partial charge in [0, 0.05) is 40.2 Å². The van der Waals surface area contributed by atoms with Crippen LogP contribution in [0.25, 0.3) is 21.7 Å². The Bertz CT molecular complexity index is 1410. The number of nitrogens with zero attached hydrogens (tertiary/aromatic N) is 1. The highest BCUT2D eigenvalue weighted by Crippen LogP contribution is 2.66. The maximum atomic E-state index is 13.5. The molecule has 1 N–H and O–H groups in total. The number of rotatable bonds is 1. The molecule has 0 radical (unpaired) electrons. The molecule has 30 heavy (non-hydrogen) atoms. The number of aromatic amines is 1. The van der Waals surface area contributed by atoms with E-state index in [-0.39, 0.29) is 17.1 Å². The van der Waals surface area contributed by atoms with Crippen molar-refractivity contribution < 1.29 is 9.59 Å². The van der Waals surface area contributed by atoms with Gasteiger partial charge in [0.05, 0.1) is 0 Å². The lowest BCUT2D eigenvalue weighted by molar-refractivity contribution is 0.0806. The summed E-state index contributed by atoms with van der Waals surface area (Å²) in [6.45, 7) is 0.670. The van der Waals surface area contributed by atoms with Gasteiger partial charge in [-0.05, 0) is 46.9 Å². The average molecular weight is 390 g/mol. The number of piperidine rings is 1. The summed E-state index contributed by atoms with van der Waals surface area (Å²) in [4.78, 5) is 31.4. The number of hydrogen-bond acceptors (Lipinski definition) is 2. The Morgan fingerprint density at radius 3 is 2.60 bits per heavy atom. The fraction of sp³-hybridized carbons (Fsp3) is 0.154. The number of carbonyl (C=O) groups excluding carboxylic acids is 2. The van der Waals surface area contributed by atoms with Crippen LogP contribution in [-0.4, -0.2) is 28.1 Å². The quantitative estimate of drug-likeness (QED) is 0.507. The number of hydrogen-bond donors (Lipinski definition) is 1. The Kier molecular flexibility index (Phi) is 2.84. The Balaban J connectivity index is 1.32. The molecule has 1 aliphatic heterocycles. The largest absolute Gasteiger partial charge is 0.350 e. The summed E-state index contributed by atoms with van der Waals surface area (Å²) in [5.74, 6) is 0.341. The molecule has 3 aliphatic rings. The van der Waals surface area contributed by atoms with Gasteiger partial charge in [-0.15, -0.1) is 0 Å². The molecule has 7 rings (SSSR count). The predicted octanol–water partition coefficient (Wildman–Crippen LogP) is 4.82. The van der Waals surface area contributed by atoms with Crippen molar-refractivity contribution in [3.63, 3.8) is 0 Å². The number of allylic oxidation sites excluding steroid dienone is 2. The first-order valence-electron chi connectivity index (χ1n) is 10.3. The topological polar surface area (TPSA) is 53.2 Å². The molecule has 4 heteroatoms. The zero-order valence-electron chi connectivity index (χ0n) is 16.2. The predicted molar refractivity (Wildman–Crippen MR) is 115 cm³/mol. The maximum Gasteiger partial charge on any atom is 0.274 e. The number of likely N-dealkylation sites (tertiary alicyclic amines) is 1. The van der Waals surface area contributed by atoms with E-state index in [1.807, 2.05) is 41.3 Å². The monoisotopic (exact) mass is 390 g/mol. The molecule has 1 spiro atoms. The summed E-state index contributed by atoms with van der Waals surface area (Å²) in [5.41, 5.74) is 4.14. The first kappa shape index (κ1) is 16.2. The van der Waals surface area contributed by atoms with Gasteiger partial charge in [0.25, 0.3) is 5.91 Å². The minimum atomic E-state index is -0.152. The summed E-state index contributed by atoms with van der Waals surface area (Å²) in [6.07, 6.45) is 2.72. The van der Waals surface area contributed by atoms with E-state index >= 15 is 0 Å². The maximum absolute atomic E-state index is 13.5. The van der Waals surface area contributed by atoms with Gasteiger partial charge < -0.3 is 9.88 Å². The van der Waals surface area contributed by atoms with Crippen molar-refractivity contribution in [2.45, 2.75) is 11.8 Å². The number of ketones is 1. The van der Waals surface area contributed by atoms with E-state index in [0.29, 0.717) is 18.2 Å². The summed E-state index contributed by atoms with van der Waals surface area (Å²) in [6, 6.07) is 22.2. The van der Waals surface area contributed by atoms with Gasteiger partial charge in [0.2, 0.25) is 0 Å². The highest BCUT2D eigenvalue weighted by atomic mass is 16.2. The molecule has 4 aromatic rings. The summed E-state index contributed by atoms with van der Waals surface area (Å²) in [7, 11) is 0. The van der Waals surface area contributed by atoms with E-state index in [0.717, 1.165) is 44.9 Å². The van der Waals surface area contributed by atoms with Crippen molar-refractivity contribution in [3.8, 4) is 0 Å². The molecule has 2 unspecified atom stereocenters. The Morgan fingerprint density at radius 1 is 0.967 bits per heavy atom. The Labute approximate surface area is 172 Å². The first-order valence-corrected chi connectivity index (χ1v) is 10.3. The second-order valence-electron chi connectivity index (χ2n) is 8.70. The third-order valence-electron chi connectivity index (χ3n) is 7.16. The second-order valence-corrected chi connectivity index (χ2v) is 8.70.